The van der Waals surface area contributed by atoms with Crippen LogP contribution in [0.5, 0.6) is 0 Å². The number of nitrogens with one attached hydrogen (secondary N) is 2. The molecule has 0 saturated carbocycles. The van der Waals surface area contributed by atoms with E-state index in [-0.39, 0.29) is 29.7 Å². The van der Waals surface area contributed by atoms with Crippen molar-refractivity contribution in [3.63, 3.8) is 0 Å². The Hall–Kier alpha value is -3.76. The summed E-state index contributed by atoms with van der Waals surface area (Å²) in [6.45, 7) is 3.29. The summed E-state index contributed by atoms with van der Waals surface area (Å²) in [5.74, 6) is -0.793. The molecule has 4 N–H and O–H groups in total. The van der Waals surface area contributed by atoms with Crippen LogP contribution < -0.4 is 21.3 Å². The number of non-ortho nitro benzene ring substituents is 1. The largest absolute Gasteiger partial charge is 0.383 e. The molecule has 11 nitrogen and oxygen atoms in total. The summed E-state index contributed by atoms with van der Waals surface area (Å²) in [6.07, 6.45) is 3.12. The number of nitrogen functional groups attached to an aromatic ring is 1. The first kappa shape index (κ1) is 20.5. The average Bonchev–Trinajstić information content (AvgIpc) is 2.74. The molecule has 1 fully saturated rings. The highest BCUT2D eigenvalue weighted by atomic mass is 16.6. The van der Waals surface area contributed by atoms with Crippen LogP contribution in [0.25, 0.3) is 0 Å². The molecule has 31 heavy (non-hydrogen) atoms. The molecule has 0 aliphatic carbocycles. The summed E-state index contributed by atoms with van der Waals surface area (Å²) in [5, 5.41) is 16.4. The average molecular weight is 425 g/mol. The number of rotatable bonds is 4. The molecule has 3 heterocycles. The number of amides is 2. The summed E-state index contributed by atoms with van der Waals surface area (Å²) >= 11 is 0. The normalized spacial score (nSPS) is 18.2. The zero-order chi connectivity index (χ0) is 22.1. The van der Waals surface area contributed by atoms with Gasteiger partial charge in [0.05, 0.1) is 16.4 Å². The second-order valence-electron chi connectivity index (χ2n) is 7.77. The van der Waals surface area contributed by atoms with E-state index in [1.54, 1.807) is 6.92 Å². The molecule has 2 amide bonds. The van der Waals surface area contributed by atoms with Gasteiger partial charge in [-0.3, -0.25) is 19.7 Å². The predicted octanol–water partition coefficient (Wildman–Crippen LogP) is 2.33. The van der Waals surface area contributed by atoms with Crippen LogP contribution in [-0.4, -0.2) is 39.8 Å². The molecule has 2 aromatic rings. The van der Waals surface area contributed by atoms with Gasteiger partial charge in [-0.1, -0.05) is 0 Å². The number of nitro benzene ring substituents is 1. The molecule has 0 radical (unpaired) electrons. The quantitative estimate of drug-likeness (QED) is 0.498. The molecule has 0 spiro atoms. The number of aromatic nitrogens is 2. The van der Waals surface area contributed by atoms with Crippen LogP contribution >= 0.6 is 0 Å². The van der Waals surface area contributed by atoms with Crippen molar-refractivity contribution in [3.8, 4) is 0 Å². The Morgan fingerprint density at radius 2 is 2.03 bits per heavy atom. The summed E-state index contributed by atoms with van der Waals surface area (Å²) in [5.41, 5.74) is 7.49. The van der Waals surface area contributed by atoms with Gasteiger partial charge in [-0.2, -0.15) is 9.97 Å². The van der Waals surface area contributed by atoms with Gasteiger partial charge in [0, 0.05) is 37.3 Å². The number of benzene rings is 1. The number of nitrogens with zero attached hydrogens (tertiary/aromatic N) is 4. The third-order valence-corrected chi connectivity index (χ3v) is 5.59. The minimum Gasteiger partial charge on any atom is -0.383 e. The maximum atomic E-state index is 13.0. The molecule has 4 rings (SSSR count). The van der Waals surface area contributed by atoms with Crippen LogP contribution in [0, 0.1) is 17.0 Å². The van der Waals surface area contributed by atoms with Gasteiger partial charge in [0.15, 0.2) is 0 Å². The fraction of sp³-hybridized carbons (Fsp3) is 0.400. The zero-order valence-electron chi connectivity index (χ0n) is 17.1. The van der Waals surface area contributed by atoms with Gasteiger partial charge in [-0.25, -0.2) is 0 Å². The Morgan fingerprint density at radius 3 is 2.71 bits per heavy atom. The van der Waals surface area contributed by atoms with E-state index in [0.717, 1.165) is 32.4 Å². The van der Waals surface area contributed by atoms with Crippen molar-refractivity contribution in [1.29, 1.82) is 0 Å². The number of hydrogen-bond acceptors (Lipinski definition) is 8. The number of nitro groups is 1. The molecule has 1 aromatic carbocycles. The fourth-order valence-corrected chi connectivity index (χ4v) is 3.96. The maximum absolute atomic E-state index is 13.0. The van der Waals surface area contributed by atoms with Crippen molar-refractivity contribution in [2.75, 3.05) is 34.4 Å². The predicted molar refractivity (Wildman–Crippen MR) is 115 cm³/mol. The molecular formula is C20H23N7O4. The van der Waals surface area contributed by atoms with Crippen LogP contribution in [-0.2, 0) is 9.59 Å². The van der Waals surface area contributed by atoms with Crippen LogP contribution in [0.4, 0.5) is 29.0 Å². The van der Waals surface area contributed by atoms with Crippen LogP contribution in [0.1, 0.15) is 42.7 Å². The lowest BCUT2D eigenvalue weighted by Crippen LogP contribution is -2.35. The smallest absolute Gasteiger partial charge is 0.269 e. The SMILES string of the molecule is Cc1cc([N+](=O)[O-])ccc1NC(=O)[C@H]1CC(=O)Nc2nc(N3CCCCC3)nc(N)c21. The number of fused-ring (bicyclic) bond motifs is 1. The lowest BCUT2D eigenvalue weighted by atomic mass is 9.91. The molecule has 0 unspecified atom stereocenters. The van der Waals surface area contributed by atoms with E-state index in [1.165, 1.54) is 18.2 Å². The Labute approximate surface area is 178 Å². The highest BCUT2D eigenvalue weighted by Gasteiger charge is 2.35. The number of anilines is 4. The maximum Gasteiger partial charge on any atom is 0.269 e. The summed E-state index contributed by atoms with van der Waals surface area (Å²) in [7, 11) is 0. The lowest BCUT2D eigenvalue weighted by Gasteiger charge is -2.30. The van der Waals surface area contributed by atoms with E-state index in [9.17, 15) is 19.7 Å². The summed E-state index contributed by atoms with van der Waals surface area (Å²) in [6, 6.07) is 4.15. The molecule has 1 aromatic heterocycles. The molecule has 0 bridgehead atoms. The molecule has 11 heteroatoms. The molecule has 2 aliphatic rings. The highest BCUT2D eigenvalue weighted by Crippen LogP contribution is 2.37. The van der Waals surface area contributed by atoms with Crippen molar-refractivity contribution in [2.24, 2.45) is 0 Å². The number of carbonyl (C=O) groups excluding carboxylic acids is 2. The van der Waals surface area contributed by atoms with Crippen molar-refractivity contribution in [2.45, 2.75) is 38.5 Å². The number of piperidine rings is 1. The third kappa shape index (κ3) is 4.11. The van der Waals surface area contributed by atoms with Gasteiger partial charge in [-0.05, 0) is 37.8 Å². The standard InChI is InChI=1S/C20H23N7O4/c1-11-9-12(27(30)31)5-6-14(11)22-19(29)13-10-15(28)23-18-16(13)17(21)24-20(25-18)26-7-3-2-4-8-26/h5-6,9,13H,2-4,7-8,10H2,1H3,(H,22,29)(H3,21,23,24,25,28)/t13-/m0/s1. The second-order valence-corrected chi connectivity index (χ2v) is 7.77. The number of nitrogens with two attached hydrogens (primary N) is 1. The minimum atomic E-state index is -0.867. The van der Waals surface area contributed by atoms with E-state index in [1.807, 2.05) is 4.90 Å². The van der Waals surface area contributed by atoms with Gasteiger partial charge in [0.1, 0.15) is 11.6 Å². The summed E-state index contributed by atoms with van der Waals surface area (Å²) < 4.78 is 0. The first-order valence-electron chi connectivity index (χ1n) is 10.1. The molecule has 1 saturated heterocycles. The number of aryl methyl sites for hydroxylation is 1. The molecule has 162 valence electrons. The third-order valence-electron chi connectivity index (χ3n) is 5.59. The summed E-state index contributed by atoms with van der Waals surface area (Å²) in [4.78, 5) is 46.7. The molecule has 1 atom stereocenters. The Bertz CT molecular complexity index is 1070. The topological polar surface area (TPSA) is 156 Å². The Kier molecular flexibility index (Phi) is 5.40. The van der Waals surface area contributed by atoms with Crippen molar-refractivity contribution in [3.05, 3.63) is 39.4 Å². The lowest BCUT2D eigenvalue weighted by molar-refractivity contribution is -0.384. The van der Waals surface area contributed by atoms with Crippen molar-refractivity contribution < 1.29 is 14.5 Å². The van der Waals surface area contributed by atoms with E-state index >= 15 is 0 Å². The first-order chi connectivity index (χ1) is 14.8. The zero-order valence-corrected chi connectivity index (χ0v) is 17.1. The Morgan fingerprint density at radius 1 is 1.29 bits per heavy atom. The van der Waals surface area contributed by atoms with Crippen LogP contribution in [0.3, 0.4) is 0 Å². The molecule has 2 aliphatic heterocycles. The van der Waals surface area contributed by atoms with E-state index in [0.29, 0.717) is 22.8 Å². The van der Waals surface area contributed by atoms with Gasteiger partial charge >= 0.3 is 0 Å². The van der Waals surface area contributed by atoms with E-state index in [2.05, 4.69) is 20.6 Å². The Balaban J connectivity index is 1.62. The van der Waals surface area contributed by atoms with Gasteiger partial charge in [0.2, 0.25) is 17.8 Å². The second kappa shape index (κ2) is 8.17. The molecular weight excluding hydrogens is 402 g/mol. The van der Waals surface area contributed by atoms with Crippen LogP contribution in [0.2, 0.25) is 0 Å². The van der Waals surface area contributed by atoms with Crippen molar-refractivity contribution in [1.82, 2.24) is 9.97 Å². The van der Waals surface area contributed by atoms with Gasteiger partial charge in [0.25, 0.3) is 5.69 Å². The number of carbonyl (C=O) groups is 2. The van der Waals surface area contributed by atoms with E-state index in [4.69, 9.17) is 5.73 Å². The van der Waals surface area contributed by atoms with Gasteiger partial charge < -0.3 is 21.3 Å². The monoisotopic (exact) mass is 425 g/mol. The van der Waals surface area contributed by atoms with Gasteiger partial charge in [-0.15, -0.1) is 0 Å². The van der Waals surface area contributed by atoms with E-state index < -0.39 is 16.7 Å². The van der Waals surface area contributed by atoms with Crippen molar-refractivity contribution >= 4 is 40.8 Å². The van der Waals surface area contributed by atoms with Crippen LogP contribution in [0.15, 0.2) is 18.2 Å². The first-order valence-corrected chi connectivity index (χ1v) is 10.1. The highest BCUT2D eigenvalue weighted by molar-refractivity contribution is 6.05. The number of hydrogen-bond donors (Lipinski definition) is 3. The fourth-order valence-electron chi connectivity index (χ4n) is 3.96. The minimum absolute atomic E-state index is 0.0687.